The van der Waals surface area contributed by atoms with Gasteiger partial charge in [0.2, 0.25) is 0 Å². The molecule has 1 N–H and O–H groups in total. The summed E-state index contributed by atoms with van der Waals surface area (Å²) < 4.78 is 10.9. The van der Waals surface area contributed by atoms with E-state index in [0.717, 1.165) is 32.6 Å². The second kappa shape index (κ2) is 8.97. The zero-order valence-corrected chi connectivity index (χ0v) is 10.8. The van der Waals surface area contributed by atoms with E-state index in [1.807, 2.05) is 0 Å². The third-order valence-electron chi connectivity index (χ3n) is 3.22. The van der Waals surface area contributed by atoms with Crippen LogP contribution in [-0.2, 0) is 9.47 Å². The van der Waals surface area contributed by atoms with Crippen molar-refractivity contribution in [3.05, 3.63) is 0 Å². The Morgan fingerprint density at radius 1 is 1.44 bits per heavy atom. The first kappa shape index (κ1) is 13.9. The van der Waals surface area contributed by atoms with Crippen LogP contribution >= 0.6 is 0 Å². The van der Waals surface area contributed by atoms with Crippen LogP contribution in [0.2, 0.25) is 0 Å². The van der Waals surface area contributed by atoms with E-state index in [2.05, 4.69) is 12.2 Å². The summed E-state index contributed by atoms with van der Waals surface area (Å²) in [6.45, 7) is 5.05. The average molecular weight is 229 g/mol. The van der Waals surface area contributed by atoms with E-state index in [1.54, 1.807) is 7.11 Å². The van der Waals surface area contributed by atoms with E-state index in [-0.39, 0.29) is 0 Å². The van der Waals surface area contributed by atoms with Crippen LogP contribution in [0.25, 0.3) is 0 Å². The molecule has 0 saturated carbocycles. The number of hydrogen-bond donors (Lipinski definition) is 1. The third kappa shape index (κ3) is 5.83. The van der Waals surface area contributed by atoms with Crippen molar-refractivity contribution in [2.24, 2.45) is 0 Å². The highest BCUT2D eigenvalue weighted by atomic mass is 16.5. The van der Waals surface area contributed by atoms with Gasteiger partial charge in [0.1, 0.15) is 0 Å². The first-order chi connectivity index (χ1) is 7.86. The summed E-state index contributed by atoms with van der Waals surface area (Å²) in [5, 5.41) is 3.55. The fourth-order valence-electron chi connectivity index (χ4n) is 2.38. The smallest absolute Gasteiger partial charge is 0.0590 e. The van der Waals surface area contributed by atoms with E-state index >= 15 is 0 Å². The molecule has 0 aromatic rings. The van der Waals surface area contributed by atoms with Gasteiger partial charge in [-0.05, 0) is 45.1 Å². The molecule has 1 aliphatic rings. The standard InChI is InChI=1S/C13H27NO2/c1-3-14-12(7-6-9-15-2)11-13-8-4-5-10-16-13/h12-14H,3-11H2,1-2H3. The van der Waals surface area contributed by atoms with E-state index < -0.39 is 0 Å². The van der Waals surface area contributed by atoms with Gasteiger partial charge in [-0.3, -0.25) is 0 Å². The molecular formula is C13H27NO2. The largest absolute Gasteiger partial charge is 0.385 e. The van der Waals surface area contributed by atoms with E-state index in [1.165, 1.54) is 25.7 Å². The normalized spacial score (nSPS) is 23.2. The van der Waals surface area contributed by atoms with Crippen LogP contribution in [0.4, 0.5) is 0 Å². The summed E-state index contributed by atoms with van der Waals surface area (Å²) >= 11 is 0. The first-order valence-corrected chi connectivity index (χ1v) is 6.70. The van der Waals surface area contributed by atoms with Gasteiger partial charge in [0, 0.05) is 26.4 Å². The minimum Gasteiger partial charge on any atom is -0.385 e. The molecule has 0 aromatic carbocycles. The topological polar surface area (TPSA) is 30.5 Å². The zero-order chi connectivity index (χ0) is 11.6. The van der Waals surface area contributed by atoms with E-state index in [4.69, 9.17) is 9.47 Å². The van der Waals surface area contributed by atoms with Crippen LogP contribution in [0.3, 0.4) is 0 Å². The van der Waals surface area contributed by atoms with Gasteiger partial charge in [-0.2, -0.15) is 0 Å². The molecule has 0 spiro atoms. The second-order valence-corrected chi connectivity index (χ2v) is 4.61. The minimum absolute atomic E-state index is 0.486. The lowest BCUT2D eigenvalue weighted by molar-refractivity contribution is 0.00433. The van der Waals surface area contributed by atoms with Crippen molar-refractivity contribution < 1.29 is 9.47 Å². The molecule has 3 heteroatoms. The van der Waals surface area contributed by atoms with E-state index in [9.17, 15) is 0 Å². The molecule has 1 fully saturated rings. The molecule has 96 valence electrons. The van der Waals surface area contributed by atoms with Gasteiger partial charge in [0.05, 0.1) is 6.10 Å². The maximum atomic E-state index is 5.79. The van der Waals surface area contributed by atoms with Crippen LogP contribution < -0.4 is 5.32 Å². The molecular weight excluding hydrogens is 202 g/mol. The molecule has 16 heavy (non-hydrogen) atoms. The number of ether oxygens (including phenoxy) is 2. The van der Waals surface area contributed by atoms with Gasteiger partial charge < -0.3 is 14.8 Å². The quantitative estimate of drug-likeness (QED) is 0.648. The summed E-state index contributed by atoms with van der Waals surface area (Å²) in [5.41, 5.74) is 0. The number of hydrogen-bond acceptors (Lipinski definition) is 3. The van der Waals surface area contributed by atoms with Crippen LogP contribution in [0.5, 0.6) is 0 Å². The van der Waals surface area contributed by atoms with Crippen LogP contribution in [0.1, 0.15) is 45.4 Å². The molecule has 1 rings (SSSR count). The lowest BCUT2D eigenvalue weighted by atomic mass is 9.99. The van der Waals surface area contributed by atoms with Gasteiger partial charge in [-0.15, -0.1) is 0 Å². The Hall–Kier alpha value is -0.120. The third-order valence-corrected chi connectivity index (χ3v) is 3.22. The van der Waals surface area contributed by atoms with Gasteiger partial charge in [0.25, 0.3) is 0 Å². The summed E-state index contributed by atoms with van der Waals surface area (Å²) in [6.07, 6.45) is 7.81. The van der Waals surface area contributed by atoms with Crippen molar-refractivity contribution in [3.8, 4) is 0 Å². The van der Waals surface area contributed by atoms with Crippen LogP contribution in [0.15, 0.2) is 0 Å². The maximum Gasteiger partial charge on any atom is 0.0590 e. The maximum absolute atomic E-state index is 5.79. The molecule has 1 heterocycles. The van der Waals surface area contributed by atoms with Crippen molar-refractivity contribution in [1.29, 1.82) is 0 Å². The molecule has 0 amide bonds. The molecule has 0 bridgehead atoms. The Morgan fingerprint density at radius 3 is 2.94 bits per heavy atom. The first-order valence-electron chi connectivity index (χ1n) is 6.70. The molecule has 1 aliphatic heterocycles. The summed E-state index contributed by atoms with van der Waals surface area (Å²) in [5.74, 6) is 0. The highest BCUT2D eigenvalue weighted by molar-refractivity contribution is 4.74. The fraction of sp³-hybridized carbons (Fsp3) is 1.00. The fourth-order valence-corrected chi connectivity index (χ4v) is 2.38. The molecule has 2 unspecified atom stereocenters. The second-order valence-electron chi connectivity index (χ2n) is 4.61. The highest BCUT2D eigenvalue weighted by Gasteiger charge is 2.18. The number of methoxy groups -OCH3 is 1. The van der Waals surface area contributed by atoms with Crippen molar-refractivity contribution in [3.63, 3.8) is 0 Å². The Morgan fingerprint density at radius 2 is 2.31 bits per heavy atom. The zero-order valence-electron chi connectivity index (χ0n) is 10.8. The Labute approximate surface area is 99.9 Å². The minimum atomic E-state index is 0.486. The Kier molecular flexibility index (Phi) is 7.81. The summed E-state index contributed by atoms with van der Waals surface area (Å²) in [4.78, 5) is 0. The Balaban J connectivity index is 2.19. The lowest BCUT2D eigenvalue weighted by Gasteiger charge is -2.27. The predicted molar refractivity (Wildman–Crippen MR) is 66.8 cm³/mol. The lowest BCUT2D eigenvalue weighted by Crippen LogP contribution is -2.34. The van der Waals surface area contributed by atoms with Crippen molar-refractivity contribution in [1.82, 2.24) is 5.32 Å². The molecule has 0 radical (unpaired) electrons. The average Bonchev–Trinajstić information content (AvgIpc) is 2.31. The monoisotopic (exact) mass is 229 g/mol. The van der Waals surface area contributed by atoms with E-state index in [0.29, 0.717) is 12.1 Å². The molecule has 0 aromatic heterocycles. The molecule has 1 saturated heterocycles. The molecule has 2 atom stereocenters. The van der Waals surface area contributed by atoms with Gasteiger partial charge in [-0.25, -0.2) is 0 Å². The van der Waals surface area contributed by atoms with Crippen molar-refractivity contribution in [2.75, 3.05) is 26.9 Å². The predicted octanol–water partition coefficient (Wildman–Crippen LogP) is 2.35. The number of nitrogens with one attached hydrogen (secondary N) is 1. The van der Waals surface area contributed by atoms with Crippen LogP contribution in [-0.4, -0.2) is 39.0 Å². The van der Waals surface area contributed by atoms with Gasteiger partial charge >= 0.3 is 0 Å². The number of rotatable bonds is 8. The summed E-state index contributed by atoms with van der Waals surface area (Å²) in [7, 11) is 1.77. The molecule has 0 aliphatic carbocycles. The summed E-state index contributed by atoms with van der Waals surface area (Å²) in [6, 6.07) is 0.600. The highest BCUT2D eigenvalue weighted by Crippen LogP contribution is 2.18. The van der Waals surface area contributed by atoms with Crippen molar-refractivity contribution >= 4 is 0 Å². The SMILES string of the molecule is CCNC(CCCOC)CC1CCCCO1. The van der Waals surface area contributed by atoms with Gasteiger partial charge in [0.15, 0.2) is 0 Å². The van der Waals surface area contributed by atoms with Gasteiger partial charge in [-0.1, -0.05) is 6.92 Å². The molecule has 3 nitrogen and oxygen atoms in total. The Bertz CT molecular complexity index is 158. The van der Waals surface area contributed by atoms with Crippen LogP contribution in [0, 0.1) is 0 Å². The van der Waals surface area contributed by atoms with Crippen molar-refractivity contribution in [2.45, 2.75) is 57.6 Å².